The molecule has 1 saturated carbocycles. The standard InChI is InChI=1S/C19H29BO3/c1-18(2)19(3,4)23-20(22-18)15-11-13-17(14-12-15)21-16-9-7-5-6-8-10-16/h11-14,16H,5-10H2,1-4H3. The molecular weight excluding hydrogens is 287 g/mol. The van der Waals surface area contributed by atoms with E-state index in [9.17, 15) is 0 Å². The van der Waals surface area contributed by atoms with Gasteiger partial charge in [0.15, 0.2) is 0 Å². The summed E-state index contributed by atoms with van der Waals surface area (Å²) in [5.74, 6) is 0.956. The van der Waals surface area contributed by atoms with E-state index in [1.807, 2.05) is 12.1 Å². The second-order valence-electron chi connectivity index (χ2n) is 7.89. The van der Waals surface area contributed by atoms with Gasteiger partial charge in [-0.3, -0.25) is 0 Å². The molecule has 0 N–H and O–H groups in total. The summed E-state index contributed by atoms with van der Waals surface area (Å²) in [7, 11) is -0.299. The molecule has 1 aromatic rings. The summed E-state index contributed by atoms with van der Waals surface area (Å²) in [4.78, 5) is 0. The van der Waals surface area contributed by atoms with E-state index in [0.717, 1.165) is 11.2 Å². The lowest BCUT2D eigenvalue weighted by atomic mass is 9.79. The quantitative estimate of drug-likeness (QED) is 0.621. The van der Waals surface area contributed by atoms with Crippen LogP contribution in [0.5, 0.6) is 5.75 Å². The Bertz CT molecular complexity index is 500. The molecule has 0 amide bonds. The van der Waals surface area contributed by atoms with E-state index in [1.165, 1.54) is 38.5 Å². The fraction of sp³-hybridized carbons (Fsp3) is 0.684. The Morgan fingerprint density at radius 1 is 0.870 bits per heavy atom. The molecule has 0 aromatic heterocycles. The number of hydrogen-bond acceptors (Lipinski definition) is 3. The smallest absolute Gasteiger partial charge is 0.490 e. The van der Waals surface area contributed by atoms with E-state index in [2.05, 4.69) is 39.8 Å². The largest absolute Gasteiger partial charge is 0.494 e. The van der Waals surface area contributed by atoms with Crippen LogP contribution in [0.25, 0.3) is 0 Å². The van der Waals surface area contributed by atoms with Gasteiger partial charge in [0.2, 0.25) is 0 Å². The van der Waals surface area contributed by atoms with E-state index in [1.54, 1.807) is 0 Å². The topological polar surface area (TPSA) is 27.7 Å². The number of hydrogen-bond donors (Lipinski definition) is 0. The zero-order chi connectivity index (χ0) is 16.5. The predicted molar refractivity (Wildman–Crippen MR) is 94.3 cm³/mol. The van der Waals surface area contributed by atoms with Gasteiger partial charge in [0.1, 0.15) is 5.75 Å². The van der Waals surface area contributed by atoms with Crippen molar-refractivity contribution in [2.45, 2.75) is 83.5 Å². The summed E-state index contributed by atoms with van der Waals surface area (Å²) in [5, 5.41) is 0. The second kappa shape index (κ2) is 6.48. The highest BCUT2D eigenvalue weighted by atomic mass is 16.7. The van der Waals surface area contributed by atoms with E-state index in [0.29, 0.717) is 6.10 Å². The summed E-state index contributed by atoms with van der Waals surface area (Å²) in [6.45, 7) is 8.32. The van der Waals surface area contributed by atoms with E-state index < -0.39 is 0 Å². The maximum atomic E-state index is 6.15. The molecule has 0 spiro atoms. The predicted octanol–water partition coefficient (Wildman–Crippen LogP) is 4.09. The SMILES string of the molecule is CC1(C)OB(c2ccc(OC3CCCCCC3)cc2)OC1(C)C. The van der Waals surface area contributed by atoms with Crippen LogP contribution in [0.4, 0.5) is 0 Å². The number of rotatable bonds is 3. The van der Waals surface area contributed by atoms with Crippen LogP contribution in [0.1, 0.15) is 66.2 Å². The molecule has 126 valence electrons. The van der Waals surface area contributed by atoms with Crippen molar-refractivity contribution in [2.75, 3.05) is 0 Å². The summed E-state index contributed by atoms with van der Waals surface area (Å²) < 4.78 is 18.3. The number of ether oxygens (including phenoxy) is 1. The fourth-order valence-electron chi connectivity index (χ4n) is 3.23. The molecule has 2 aliphatic rings. The third-order valence-electron chi connectivity index (χ3n) is 5.51. The Balaban J connectivity index is 1.63. The Morgan fingerprint density at radius 2 is 1.39 bits per heavy atom. The minimum atomic E-state index is -0.299. The van der Waals surface area contributed by atoms with Gasteiger partial charge in [-0.2, -0.15) is 0 Å². The Labute approximate surface area is 140 Å². The molecule has 1 aromatic carbocycles. The third-order valence-corrected chi connectivity index (χ3v) is 5.51. The summed E-state index contributed by atoms with van der Waals surface area (Å²) in [6, 6.07) is 8.22. The average molecular weight is 316 g/mol. The molecule has 1 aliphatic carbocycles. The van der Waals surface area contributed by atoms with Crippen LogP contribution in [-0.4, -0.2) is 24.4 Å². The van der Waals surface area contributed by atoms with E-state index in [4.69, 9.17) is 14.0 Å². The monoisotopic (exact) mass is 316 g/mol. The van der Waals surface area contributed by atoms with Crippen molar-refractivity contribution in [2.24, 2.45) is 0 Å². The Kier molecular flexibility index (Phi) is 4.75. The highest BCUT2D eigenvalue weighted by Gasteiger charge is 2.51. The highest BCUT2D eigenvalue weighted by molar-refractivity contribution is 6.62. The molecule has 0 bridgehead atoms. The molecule has 0 atom stereocenters. The zero-order valence-corrected chi connectivity index (χ0v) is 14.9. The van der Waals surface area contributed by atoms with Crippen molar-refractivity contribution in [3.8, 4) is 5.75 Å². The zero-order valence-electron chi connectivity index (χ0n) is 14.9. The normalized spacial score (nSPS) is 24.4. The lowest BCUT2D eigenvalue weighted by Gasteiger charge is -2.32. The van der Waals surface area contributed by atoms with E-state index >= 15 is 0 Å². The lowest BCUT2D eigenvalue weighted by molar-refractivity contribution is 0.00578. The second-order valence-corrected chi connectivity index (χ2v) is 7.89. The molecule has 3 rings (SSSR count). The fourth-order valence-corrected chi connectivity index (χ4v) is 3.23. The summed E-state index contributed by atoms with van der Waals surface area (Å²) >= 11 is 0. The maximum Gasteiger partial charge on any atom is 0.494 e. The van der Waals surface area contributed by atoms with Gasteiger partial charge < -0.3 is 14.0 Å². The molecule has 1 heterocycles. The molecule has 0 unspecified atom stereocenters. The van der Waals surface area contributed by atoms with E-state index in [-0.39, 0.29) is 18.3 Å². The first kappa shape index (κ1) is 16.8. The van der Waals surface area contributed by atoms with Crippen molar-refractivity contribution in [3.05, 3.63) is 24.3 Å². The van der Waals surface area contributed by atoms with Gasteiger partial charge in [-0.25, -0.2) is 0 Å². The molecule has 4 heteroatoms. The van der Waals surface area contributed by atoms with Gasteiger partial charge in [-0.15, -0.1) is 0 Å². The molecule has 23 heavy (non-hydrogen) atoms. The maximum absolute atomic E-state index is 6.15. The number of benzene rings is 1. The lowest BCUT2D eigenvalue weighted by Crippen LogP contribution is -2.41. The first-order valence-electron chi connectivity index (χ1n) is 9.00. The third kappa shape index (κ3) is 3.75. The van der Waals surface area contributed by atoms with Crippen LogP contribution in [0.2, 0.25) is 0 Å². The molecule has 1 saturated heterocycles. The molecule has 0 radical (unpaired) electrons. The van der Waals surface area contributed by atoms with Crippen LogP contribution < -0.4 is 10.2 Å². The average Bonchev–Trinajstić information content (AvgIpc) is 2.67. The first-order valence-corrected chi connectivity index (χ1v) is 9.00. The van der Waals surface area contributed by atoms with Crippen molar-refractivity contribution >= 4 is 12.6 Å². The van der Waals surface area contributed by atoms with Crippen LogP contribution in [0.15, 0.2) is 24.3 Å². The molecule has 3 nitrogen and oxygen atoms in total. The Hall–Kier alpha value is -0.995. The summed E-state index contributed by atoms with van der Waals surface area (Å²) in [6.07, 6.45) is 8.01. The van der Waals surface area contributed by atoms with Crippen molar-refractivity contribution in [3.63, 3.8) is 0 Å². The van der Waals surface area contributed by atoms with Crippen LogP contribution in [0.3, 0.4) is 0 Å². The van der Waals surface area contributed by atoms with Gasteiger partial charge in [-0.1, -0.05) is 25.0 Å². The van der Waals surface area contributed by atoms with Crippen LogP contribution in [0, 0.1) is 0 Å². The molecular formula is C19H29BO3. The van der Waals surface area contributed by atoms with Gasteiger partial charge in [0.05, 0.1) is 17.3 Å². The van der Waals surface area contributed by atoms with Gasteiger partial charge in [0.25, 0.3) is 0 Å². The van der Waals surface area contributed by atoms with Crippen LogP contribution >= 0.6 is 0 Å². The van der Waals surface area contributed by atoms with Gasteiger partial charge in [-0.05, 0) is 71.0 Å². The Morgan fingerprint density at radius 3 is 1.91 bits per heavy atom. The van der Waals surface area contributed by atoms with Gasteiger partial charge >= 0.3 is 7.12 Å². The van der Waals surface area contributed by atoms with Crippen molar-refractivity contribution in [1.29, 1.82) is 0 Å². The molecule has 1 aliphatic heterocycles. The minimum absolute atomic E-state index is 0.298. The first-order chi connectivity index (χ1) is 10.9. The van der Waals surface area contributed by atoms with Crippen LogP contribution in [-0.2, 0) is 9.31 Å². The minimum Gasteiger partial charge on any atom is -0.490 e. The summed E-state index contributed by atoms with van der Waals surface area (Å²) in [5.41, 5.74) is 0.456. The van der Waals surface area contributed by atoms with Crippen molar-refractivity contribution < 1.29 is 14.0 Å². The molecule has 2 fully saturated rings. The van der Waals surface area contributed by atoms with Gasteiger partial charge in [0, 0.05) is 0 Å². The van der Waals surface area contributed by atoms with Crippen molar-refractivity contribution in [1.82, 2.24) is 0 Å². The highest BCUT2D eigenvalue weighted by Crippen LogP contribution is 2.36.